The van der Waals surface area contributed by atoms with E-state index in [4.69, 9.17) is 15.2 Å². The van der Waals surface area contributed by atoms with Crippen LogP contribution in [0.1, 0.15) is 31.9 Å². The summed E-state index contributed by atoms with van der Waals surface area (Å²) in [4.78, 5) is 0. The van der Waals surface area contributed by atoms with Gasteiger partial charge in [-0.3, -0.25) is 0 Å². The summed E-state index contributed by atoms with van der Waals surface area (Å²) in [6, 6.07) is 6.31. The van der Waals surface area contributed by atoms with Crippen molar-refractivity contribution in [2.45, 2.75) is 33.1 Å². The topological polar surface area (TPSA) is 44.5 Å². The highest BCUT2D eigenvalue weighted by Gasteiger charge is 2.18. The van der Waals surface area contributed by atoms with Crippen molar-refractivity contribution in [3.63, 3.8) is 0 Å². The van der Waals surface area contributed by atoms with Gasteiger partial charge in [0.05, 0.1) is 13.2 Å². The summed E-state index contributed by atoms with van der Waals surface area (Å²) in [7, 11) is 0. The van der Waals surface area contributed by atoms with Gasteiger partial charge in [-0.25, -0.2) is 0 Å². The van der Waals surface area contributed by atoms with Crippen molar-refractivity contribution in [3.05, 3.63) is 29.3 Å². The van der Waals surface area contributed by atoms with Crippen LogP contribution in [-0.2, 0) is 10.2 Å². The average Bonchev–Trinajstić information content (AvgIpc) is 2.29. The van der Waals surface area contributed by atoms with Gasteiger partial charge in [-0.05, 0) is 24.0 Å². The zero-order valence-electron chi connectivity index (χ0n) is 12.0. The first-order chi connectivity index (χ1) is 8.45. The molecule has 18 heavy (non-hydrogen) atoms. The Labute approximate surface area is 110 Å². The Morgan fingerprint density at radius 2 is 1.83 bits per heavy atom. The van der Waals surface area contributed by atoms with Gasteiger partial charge in [0.15, 0.2) is 0 Å². The molecule has 0 aliphatic carbocycles. The van der Waals surface area contributed by atoms with Crippen molar-refractivity contribution < 1.29 is 9.47 Å². The highest BCUT2D eigenvalue weighted by Crippen LogP contribution is 2.32. The summed E-state index contributed by atoms with van der Waals surface area (Å²) >= 11 is 0. The number of hydrogen-bond donors (Lipinski definition) is 1. The molecule has 0 amide bonds. The fraction of sp³-hybridized carbons (Fsp3) is 0.600. The molecule has 0 fully saturated rings. The molecule has 0 atom stereocenters. The summed E-state index contributed by atoms with van der Waals surface area (Å²) in [6.07, 6.45) is 0. The van der Waals surface area contributed by atoms with Crippen molar-refractivity contribution in [1.29, 1.82) is 0 Å². The molecule has 0 radical (unpaired) electrons. The molecule has 1 aromatic carbocycles. The van der Waals surface area contributed by atoms with Crippen LogP contribution in [-0.4, -0.2) is 26.4 Å². The van der Waals surface area contributed by atoms with Crippen LogP contribution in [0.25, 0.3) is 0 Å². The van der Waals surface area contributed by atoms with Crippen LogP contribution in [0.3, 0.4) is 0 Å². The van der Waals surface area contributed by atoms with Gasteiger partial charge in [0.25, 0.3) is 0 Å². The van der Waals surface area contributed by atoms with E-state index < -0.39 is 0 Å². The number of rotatable bonds is 6. The molecule has 0 heterocycles. The number of hydrogen-bond acceptors (Lipinski definition) is 3. The summed E-state index contributed by atoms with van der Waals surface area (Å²) < 4.78 is 11.1. The molecule has 0 saturated heterocycles. The molecule has 102 valence electrons. The Hall–Kier alpha value is -1.06. The summed E-state index contributed by atoms with van der Waals surface area (Å²) in [5, 5.41) is 0. The Balaban J connectivity index is 2.65. The van der Waals surface area contributed by atoms with Crippen molar-refractivity contribution >= 4 is 0 Å². The zero-order valence-corrected chi connectivity index (χ0v) is 12.0. The molecule has 1 aromatic rings. The summed E-state index contributed by atoms with van der Waals surface area (Å²) in [5.74, 6) is 0.949. The molecule has 3 nitrogen and oxygen atoms in total. The summed E-state index contributed by atoms with van der Waals surface area (Å²) in [5.41, 5.74) is 7.93. The predicted octanol–water partition coefficient (Wildman–Crippen LogP) is 2.65. The molecule has 0 saturated carbocycles. The van der Waals surface area contributed by atoms with Crippen molar-refractivity contribution in [3.8, 4) is 5.75 Å². The minimum atomic E-state index is 0.0828. The normalized spacial score (nSPS) is 11.6. The number of benzene rings is 1. The highest BCUT2D eigenvalue weighted by atomic mass is 16.5. The first-order valence-corrected chi connectivity index (χ1v) is 6.47. The Bertz CT molecular complexity index is 369. The third kappa shape index (κ3) is 4.67. The van der Waals surface area contributed by atoms with Gasteiger partial charge in [0.2, 0.25) is 0 Å². The lowest BCUT2D eigenvalue weighted by Gasteiger charge is -2.23. The van der Waals surface area contributed by atoms with E-state index in [2.05, 4.69) is 39.8 Å². The SMILES string of the molecule is Cc1ccc(OCCOCCN)c(C(C)(C)C)c1. The first kappa shape index (κ1) is 15.0. The smallest absolute Gasteiger partial charge is 0.123 e. The van der Waals surface area contributed by atoms with Crippen LogP contribution in [0.2, 0.25) is 0 Å². The summed E-state index contributed by atoms with van der Waals surface area (Å²) in [6.45, 7) is 11.0. The van der Waals surface area contributed by atoms with E-state index in [0.29, 0.717) is 26.4 Å². The molecule has 0 aromatic heterocycles. The molecular formula is C15H25NO2. The van der Waals surface area contributed by atoms with Crippen molar-refractivity contribution in [2.24, 2.45) is 5.73 Å². The maximum atomic E-state index is 5.80. The van der Waals surface area contributed by atoms with Gasteiger partial charge < -0.3 is 15.2 Å². The van der Waals surface area contributed by atoms with E-state index >= 15 is 0 Å². The van der Waals surface area contributed by atoms with Gasteiger partial charge in [-0.1, -0.05) is 38.5 Å². The van der Waals surface area contributed by atoms with Gasteiger partial charge >= 0.3 is 0 Å². The molecule has 3 heteroatoms. The maximum absolute atomic E-state index is 5.80. The lowest BCUT2D eigenvalue weighted by molar-refractivity contribution is 0.105. The van der Waals surface area contributed by atoms with E-state index in [0.717, 1.165) is 5.75 Å². The van der Waals surface area contributed by atoms with E-state index in [1.165, 1.54) is 11.1 Å². The molecule has 1 rings (SSSR count). The van der Waals surface area contributed by atoms with Gasteiger partial charge in [-0.15, -0.1) is 0 Å². The zero-order chi connectivity index (χ0) is 13.6. The number of ether oxygens (including phenoxy) is 2. The number of nitrogens with two attached hydrogens (primary N) is 1. The van der Waals surface area contributed by atoms with Crippen LogP contribution >= 0.6 is 0 Å². The van der Waals surface area contributed by atoms with Gasteiger partial charge in [-0.2, -0.15) is 0 Å². The lowest BCUT2D eigenvalue weighted by atomic mass is 9.85. The molecule has 0 spiro atoms. The number of aryl methyl sites for hydroxylation is 1. The van der Waals surface area contributed by atoms with E-state index in [9.17, 15) is 0 Å². The van der Waals surface area contributed by atoms with Crippen LogP contribution in [0.15, 0.2) is 18.2 Å². The third-order valence-electron chi connectivity index (χ3n) is 2.69. The van der Waals surface area contributed by atoms with Crippen LogP contribution < -0.4 is 10.5 Å². The first-order valence-electron chi connectivity index (χ1n) is 6.47. The second-order valence-corrected chi connectivity index (χ2v) is 5.50. The van der Waals surface area contributed by atoms with E-state index in [-0.39, 0.29) is 5.41 Å². The second-order valence-electron chi connectivity index (χ2n) is 5.50. The molecule has 0 aliphatic heterocycles. The monoisotopic (exact) mass is 251 g/mol. The highest BCUT2D eigenvalue weighted by molar-refractivity contribution is 5.41. The largest absolute Gasteiger partial charge is 0.491 e. The molecule has 2 N–H and O–H groups in total. The third-order valence-corrected chi connectivity index (χ3v) is 2.69. The van der Waals surface area contributed by atoms with Crippen molar-refractivity contribution in [1.82, 2.24) is 0 Å². The van der Waals surface area contributed by atoms with Crippen LogP contribution in [0.4, 0.5) is 0 Å². The Morgan fingerprint density at radius 3 is 2.44 bits per heavy atom. The maximum Gasteiger partial charge on any atom is 0.123 e. The average molecular weight is 251 g/mol. The van der Waals surface area contributed by atoms with Crippen LogP contribution in [0.5, 0.6) is 5.75 Å². The minimum Gasteiger partial charge on any atom is -0.491 e. The second kappa shape index (κ2) is 6.76. The van der Waals surface area contributed by atoms with Crippen molar-refractivity contribution in [2.75, 3.05) is 26.4 Å². The van der Waals surface area contributed by atoms with E-state index in [1.54, 1.807) is 0 Å². The fourth-order valence-corrected chi connectivity index (χ4v) is 1.75. The predicted molar refractivity (Wildman–Crippen MR) is 75.2 cm³/mol. The minimum absolute atomic E-state index is 0.0828. The van der Waals surface area contributed by atoms with Crippen LogP contribution in [0, 0.1) is 6.92 Å². The molecule has 0 aliphatic rings. The van der Waals surface area contributed by atoms with E-state index in [1.807, 2.05) is 6.07 Å². The fourth-order valence-electron chi connectivity index (χ4n) is 1.75. The standard InChI is InChI=1S/C15H25NO2/c1-12-5-6-14(13(11-12)15(2,3)4)18-10-9-17-8-7-16/h5-6,11H,7-10,16H2,1-4H3. The molecule has 0 unspecified atom stereocenters. The van der Waals surface area contributed by atoms with Gasteiger partial charge in [0.1, 0.15) is 12.4 Å². The lowest BCUT2D eigenvalue weighted by Crippen LogP contribution is -2.16. The Kier molecular flexibility index (Phi) is 5.63. The quantitative estimate of drug-likeness (QED) is 0.790. The van der Waals surface area contributed by atoms with Gasteiger partial charge in [0, 0.05) is 6.54 Å². The molecular weight excluding hydrogens is 226 g/mol. The Morgan fingerprint density at radius 1 is 1.11 bits per heavy atom. The molecule has 0 bridgehead atoms.